The lowest BCUT2D eigenvalue weighted by Gasteiger charge is -2.17. The van der Waals surface area contributed by atoms with E-state index in [1.165, 1.54) is 25.7 Å². The van der Waals surface area contributed by atoms with Crippen LogP contribution in [0, 0.1) is 5.92 Å². The highest BCUT2D eigenvalue weighted by molar-refractivity contribution is 9.10. The fourth-order valence-corrected chi connectivity index (χ4v) is 3.10. The van der Waals surface area contributed by atoms with Gasteiger partial charge in [0, 0.05) is 0 Å². The Bertz CT molecular complexity index is 414. The van der Waals surface area contributed by atoms with Gasteiger partial charge in [0.2, 0.25) is 0 Å². The fraction of sp³-hybridized carbons (Fsp3) is 0.600. The zero-order valence-electron chi connectivity index (χ0n) is 11.3. The third kappa shape index (κ3) is 3.86. The summed E-state index contributed by atoms with van der Waals surface area (Å²) in [4.78, 5) is 0. The van der Waals surface area contributed by atoms with E-state index >= 15 is 0 Å². The Morgan fingerprint density at radius 2 is 2.00 bits per heavy atom. The lowest BCUT2D eigenvalue weighted by Crippen LogP contribution is -2.09. The van der Waals surface area contributed by atoms with Gasteiger partial charge in [-0.2, -0.15) is 0 Å². The number of hydrogen-bond donors (Lipinski definition) is 1. The topological polar surface area (TPSA) is 38.7 Å². The van der Waals surface area contributed by atoms with E-state index in [-0.39, 0.29) is 6.61 Å². The Kier molecular flexibility index (Phi) is 5.52. The summed E-state index contributed by atoms with van der Waals surface area (Å²) in [6.45, 7) is 3.28. The van der Waals surface area contributed by atoms with Gasteiger partial charge >= 0.3 is 0 Å². The summed E-state index contributed by atoms with van der Waals surface area (Å²) in [5.74, 6) is 2.13. The Hall–Kier alpha value is -0.740. The minimum atomic E-state index is 0.00157. The number of halogens is 1. The second kappa shape index (κ2) is 7.15. The lowest BCUT2D eigenvalue weighted by molar-refractivity contribution is 0.231. The third-order valence-corrected chi connectivity index (χ3v) is 4.08. The molecule has 0 bridgehead atoms. The maximum Gasteiger partial charge on any atom is 0.175 e. The van der Waals surface area contributed by atoms with Gasteiger partial charge in [-0.25, -0.2) is 0 Å². The van der Waals surface area contributed by atoms with Crippen LogP contribution in [-0.2, 0) is 6.61 Å². The molecule has 0 aromatic heterocycles. The quantitative estimate of drug-likeness (QED) is 0.860. The zero-order chi connectivity index (χ0) is 13.7. The third-order valence-electron chi connectivity index (χ3n) is 3.49. The van der Waals surface area contributed by atoms with Gasteiger partial charge in [0.15, 0.2) is 11.5 Å². The summed E-state index contributed by atoms with van der Waals surface area (Å²) < 4.78 is 12.4. The number of rotatable bonds is 6. The van der Waals surface area contributed by atoms with Crippen LogP contribution in [0.5, 0.6) is 11.5 Å². The summed E-state index contributed by atoms with van der Waals surface area (Å²) >= 11 is 3.50. The second-order valence-electron chi connectivity index (χ2n) is 4.96. The first-order chi connectivity index (χ1) is 9.24. The lowest BCUT2D eigenvalue weighted by atomic mass is 10.1. The number of aliphatic hydroxyl groups excluding tert-OH is 1. The molecule has 1 aliphatic carbocycles. The molecule has 2 rings (SSSR count). The molecule has 4 heteroatoms. The van der Waals surface area contributed by atoms with Crippen LogP contribution in [0.4, 0.5) is 0 Å². The van der Waals surface area contributed by atoms with E-state index in [2.05, 4.69) is 15.9 Å². The van der Waals surface area contributed by atoms with Gasteiger partial charge < -0.3 is 14.6 Å². The van der Waals surface area contributed by atoms with Crippen molar-refractivity contribution in [3.05, 3.63) is 22.2 Å². The number of benzene rings is 1. The predicted octanol–water partition coefficient (Wildman–Crippen LogP) is 3.91. The van der Waals surface area contributed by atoms with Crippen molar-refractivity contribution >= 4 is 15.9 Å². The maximum atomic E-state index is 9.23. The van der Waals surface area contributed by atoms with Gasteiger partial charge in [0.1, 0.15) is 0 Å². The molecule has 0 unspecified atom stereocenters. The van der Waals surface area contributed by atoms with Crippen LogP contribution in [-0.4, -0.2) is 18.3 Å². The minimum absolute atomic E-state index is 0.00157. The highest BCUT2D eigenvalue weighted by atomic mass is 79.9. The average Bonchev–Trinajstić information content (AvgIpc) is 2.91. The first-order valence-corrected chi connectivity index (χ1v) is 7.72. The van der Waals surface area contributed by atoms with Crippen molar-refractivity contribution in [3.8, 4) is 11.5 Å². The van der Waals surface area contributed by atoms with Crippen molar-refractivity contribution in [2.45, 2.75) is 39.2 Å². The van der Waals surface area contributed by atoms with E-state index in [1.54, 1.807) is 0 Å². The van der Waals surface area contributed by atoms with Crippen LogP contribution in [0.2, 0.25) is 0 Å². The van der Waals surface area contributed by atoms with Crippen LogP contribution in [0.3, 0.4) is 0 Å². The van der Waals surface area contributed by atoms with Crippen molar-refractivity contribution < 1.29 is 14.6 Å². The molecule has 3 nitrogen and oxygen atoms in total. The highest BCUT2D eigenvalue weighted by Crippen LogP contribution is 2.38. The molecule has 1 aromatic rings. The minimum Gasteiger partial charge on any atom is -0.490 e. The molecule has 0 aliphatic heterocycles. The van der Waals surface area contributed by atoms with Crippen LogP contribution in [0.1, 0.15) is 38.2 Å². The molecule has 1 aromatic carbocycles. The molecule has 1 fully saturated rings. The molecule has 0 atom stereocenters. The monoisotopic (exact) mass is 328 g/mol. The Morgan fingerprint density at radius 3 is 2.63 bits per heavy atom. The van der Waals surface area contributed by atoms with Crippen molar-refractivity contribution in [2.24, 2.45) is 5.92 Å². The molecule has 0 amide bonds. The largest absolute Gasteiger partial charge is 0.490 e. The second-order valence-corrected chi connectivity index (χ2v) is 5.81. The summed E-state index contributed by atoms with van der Waals surface area (Å²) in [5, 5.41) is 9.23. The van der Waals surface area contributed by atoms with E-state index in [9.17, 15) is 5.11 Å². The van der Waals surface area contributed by atoms with Gasteiger partial charge in [-0.1, -0.05) is 12.8 Å². The standard InChI is InChI=1S/C15H21BrO3/c1-2-18-14-8-12(9-17)7-13(16)15(14)19-10-11-5-3-4-6-11/h7-8,11,17H,2-6,9-10H2,1H3. The van der Waals surface area contributed by atoms with E-state index in [1.807, 2.05) is 19.1 Å². The Labute approximate surface area is 123 Å². The smallest absolute Gasteiger partial charge is 0.175 e. The first-order valence-electron chi connectivity index (χ1n) is 6.93. The van der Waals surface area contributed by atoms with Gasteiger partial charge in [-0.3, -0.25) is 0 Å². The van der Waals surface area contributed by atoms with Crippen molar-refractivity contribution in [1.29, 1.82) is 0 Å². The average molecular weight is 329 g/mol. The van der Waals surface area contributed by atoms with Crippen LogP contribution < -0.4 is 9.47 Å². The maximum absolute atomic E-state index is 9.23. The van der Waals surface area contributed by atoms with Crippen LogP contribution in [0.15, 0.2) is 16.6 Å². The van der Waals surface area contributed by atoms with E-state index < -0.39 is 0 Å². The van der Waals surface area contributed by atoms with Gasteiger partial charge in [-0.05, 0) is 59.3 Å². The normalized spacial score (nSPS) is 15.7. The first kappa shape index (κ1) is 14.7. The Morgan fingerprint density at radius 1 is 1.26 bits per heavy atom. The highest BCUT2D eigenvalue weighted by Gasteiger charge is 2.18. The molecule has 106 valence electrons. The summed E-state index contributed by atoms with van der Waals surface area (Å²) in [6, 6.07) is 3.73. The predicted molar refractivity (Wildman–Crippen MR) is 78.7 cm³/mol. The van der Waals surface area contributed by atoms with E-state index in [0.29, 0.717) is 18.3 Å². The molecule has 0 radical (unpaired) electrons. The molecule has 0 spiro atoms. The van der Waals surface area contributed by atoms with Crippen molar-refractivity contribution in [1.82, 2.24) is 0 Å². The molecule has 0 heterocycles. The number of ether oxygens (including phenoxy) is 2. The van der Waals surface area contributed by atoms with Gasteiger partial charge in [0.25, 0.3) is 0 Å². The van der Waals surface area contributed by atoms with Crippen LogP contribution in [0.25, 0.3) is 0 Å². The fourth-order valence-electron chi connectivity index (χ4n) is 2.49. The molecule has 1 aliphatic rings. The molecule has 0 saturated heterocycles. The molecule has 1 saturated carbocycles. The van der Waals surface area contributed by atoms with E-state index in [0.717, 1.165) is 22.4 Å². The summed E-state index contributed by atoms with van der Waals surface area (Å²) in [6.07, 6.45) is 5.15. The van der Waals surface area contributed by atoms with Crippen LogP contribution >= 0.6 is 15.9 Å². The Balaban J connectivity index is 2.11. The summed E-state index contributed by atoms with van der Waals surface area (Å²) in [7, 11) is 0. The van der Waals surface area contributed by atoms with Gasteiger partial charge in [-0.15, -0.1) is 0 Å². The summed E-state index contributed by atoms with van der Waals surface area (Å²) in [5.41, 5.74) is 0.823. The molecule has 19 heavy (non-hydrogen) atoms. The van der Waals surface area contributed by atoms with Crippen molar-refractivity contribution in [2.75, 3.05) is 13.2 Å². The SMILES string of the molecule is CCOc1cc(CO)cc(Br)c1OCC1CCCC1. The number of aliphatic hydroxyl groups is 1. The van der Waals surface area contributed by atoms with Gasteiger partial charge in [0.05, 0.1) is 24.3 Å². The molecule has 1 N–H and O–H groups in total. The number of hydrogen-bond acceptors (Lipinski definition) is 3. The molecular weight excluding hydrogens is 308 g/mol. The zero-order valence-corrected chi connectivity index (χ0v) is 12.9. The van der Waals surface area contributed by atoms with E-state index in [4.69, 9.17) is 9.47 Å². The molecular formula is C15H21BrO3. The van der Waals surface area contributed by atoms with Crippen molar-refractivity contribution in [3.63, 3.8) is 0 Å².